The summed E-state index contributed by atoms with van der Waals surface area (Å²) in [6.07, 6.45) is 2.35. The van der Waals surface area contributed by atoms with E-state index in [1.807, 2.05) is 13.0 Å². The standard InChI is InChI=1S/C11H13BrN4S/c1-7(13)4-8-5-9(12)2-3-10(8)17-11-14-6-15-16-11/h2-3,5-7H,4,13H2,1H3,(H,14,15,16). The molecular weight excluding hydrogens is 300 g/mol. The van der Waals surface area contributed by atoms with E-state index in [1.165, 1.54) is 11.9 Å². The summed E-state index contributed by atoms with van der Waals surface area (Å²) in [5.41, 5.74) is 7.07. The summed E-state index contributed by atoms with van der Waals surface area (Å²) < 4.78 is 1.06. The van der Waals surface area contributed by atoms with Crippen molar-refractivity contribution in [2.75, 3.05) is 0 Å². The zero-order valence-electron chi connectivity index (χ0n) is 9.35. The van der Waals surface area contributed by atoms with Crippen LogP contribution in [0.15, 0.2) is 39.1 Å². The molecule has 0 fully saturated rings. The summed E-state index contributed by atoms with van der Waals surface area (Å²) in [5.74, 6) is 0. The second-order valence-corrected chi connectivity index (χ2v) is 5.77. The number of nitrogens with one attached hydrogen (secondary N) is 1. The number of aromatic nitrogens is 3. The minimum Gasteiger partial charge on any atom is -0.328 e. The molecule has 2 aromatic rings. The molecule has 1 aromatic heterocycles. The van der Waals surface area contributed by atoms with Crippen molar-refractivity contribution in [3.8, 4) is 0 Å². The fourth-order valence-corrected chi connectivity index (χ4v) is 2.73. The average Bonchev–Trinajstić information content (AvgIpc) is 2.74. The number of H-pyrrole nitrogens is 1. The third kappa shape index (κ3) is 3.55. The highest BCUT2D eigenvalue weighted by atomic mass is 79.9. The van der Waals surface area contributed by atoms with Crippen LogP contribution in [0.25, 0.3) is 0 Å². The lowest BCUT2D eigenvalue weighted by Gasteiger charge is -2.10. The van der Waals surface area contributed by atoms with Gasteiger partial charge in [0.1, 0.15) is 6.33 Å². The van der Waals surface area contributed by atoms with Crippen LogP contribution in [0.3, 0.4) is 0 Å². The predicted molar refractivity (Wildman–Crippen MR) is 72.0 cm³/mol. The Hall–Kier alpha value is -0.850. The number of nitrogens with two attached hydrogens (primary N) is 1. The zero-order chi connectivity index (χ0) is 12.3. The number of rotatable bonds is 4. The van der Waals surface area contributed by atoms with Gasteiger partial charge in [0.15, 0.2) is 5.16 Å². The third-order valence-corrected chi connectivity index (χ3v) is 3.67. The summed E-state index contributed by atoms with van der Waals surface area (Å²) >= 11 is 5.04. The molecule has 0 radical (unpaired) electrons. The molecule has 2 rings (SSSR count). The molecule has 0 aliphatic carbocycles. The minimum absolute atomic E-state index is 0.137. The van der Waals surface area contributed by atoms with E-state index in [9.17, 15) is 0 Å². The number of halogens is 1. The first kappa shape index (κ1) is 12.6. The van der Waals surface area contributed by atoms with Crippen molar-refractivity contribution >= 4 is 27.7 Å². The van der Waals surface area contributed by atoms with Gasteiger partial charge in [-0.1, -0.05) is 27.7 Å². The molecular formula is C11H13BrN4S. The van der Waals surface area contributed by atoms with E-state index in [0.717, 1.165) is 20.9 Å². The van der Waals surface area contributed by atoms with Crippen LogP contribution in [-0.4, -0.2) is 21.2 Å². The van der Waals surface area contributed by atoms with Gasteiger partial charge in [-0.3, -0.25) is 5.10 Å². The van der Waals surface area contributed by atoms with Crippen LogP contribution in [0.4, 0.5) is 0 Å². The second-order valence-electron chi connectivity index (χ2n) is 3.83. The van der Waals surface area contributed by atoms with Crippen LogP contribution in [0.1, 0.15) is 12.5 Å². The molecule has 17 heavy (non-hydrogen) atoms. The van der Waals surface area contributed by atoms with Gasteiger partial charge in [-0.25, -0.2) is 4.98 Å². The van der Waals surface area contributed by atoms with E-state index < -0.39 is 0 Å². The van der Waals surface area contributed by atoms with E-state index in [-0.39, 0.29) is 6.04 Å². The number of hydrogen-bond acceptors (Lipinski definition) is 4. The van der Waals surface area contributed by atoms with Crippen molar-refractivity contribution in [3.05, 3.63) is 34.6 Å². The Morgan fingerprint density at radius 3 is 3.00 bits per heavy atom. The normalized spacial score (nSPS) is 12.6. The van der Waals surface area contributed by atoms with E-state index in [0.29, 0.717) is 0 Å². The Morgan fingerprint density at radius 2 is 2.35 bits per heavy atom. The fourth-order valence-electron chi connectivity index (χ4n) is 1.50. The van der Waals surface area contributed by atoms with Crippen LogP contribution in [-0.2, 0) is 6.42 Å². The van der Waals surface area contributed by atoms with E-state index in [4.69, 9.17) is 5.73 Å². The maximum absolute atomic E-state index is 5.86. The highest BCUT2D eigenvalue weighted by Crippen LogP contribution is 2.30. The number of nitrogens with zero attached hydrogens (tertiary/aromatic N) is 2. The monoisotopic (exact) mass is 312 g/mol. The van der Waals surface area contributed by atoms with Gasteiger partial charge in [0, 0.05) is 15.4 Å². The average molecular weight is 313 g/mol. The molecule has 0 amide bonds. The van der Waals surface area contributed by atoms with Gasteiger partial charge in [-0.2, -0.15) is 5.10 Å². The molecule has 1 aromatic carbocycles. The number of benzene rings is 1. The highest BCUT2D eigenvalue weighted by Gasteiger charge is 2.08. The molecule has 6 heteroatoms. The Balaban J connectivity index is 2.25. The Bertz CT molecular complexity index is 484. The van der Waals surface area contributed by atoms with Gasteiger partial charge in [-0.15, -0.1) is 0 Å². The van der Waals surface area contributed by atoms with Gasteiger partial charge in [0.2, 0.25) is 0 Å². The van der Waals surface area contributed by atoms with Crippen LogP contribution in [0, 0.1) is 0 Å². The largest absolute Gasteiger partial charge is 0.328 e. The number of hydrogen-bond donors (Lipinski definition) is 2. The summed E-state index contributed by atoms with van der Waals surface area (Å²) in [6, 6.07) is 6.32. The van der Waals surface area contributed by atoms with Crippen LogP contribution < -0.4 is 5.73 Å². The Labute approximate surface area is 113 Å². The van der Waals surface area contributed by atoms with Crippen molar-refractivity contribution in [1.82, 2.24) is 15.2 Å². The lowest BCUT2D eigenvalue weighted by atomic mass is 10.1. The SMILES string of the molecule is CC(N)Cc1cc(Br)ccc1Sc1ncn[nH]1. The van der Waals surface area contributed by atoms with Crippen molar-refractivity contribution in [3.63, 3.8) is 0 Å². The smallest absolute Gasteiger partial charge is 0.188 e. The molecule has 4 nitrogen and oxygen atoms in total. The van der Waals surface area contributed by atoms with E-state index >= 15 is 0 Å². The first-order valence-electron chi connectivity index (χ1n) is 5.22. The molecule has 0 saturated carbocycles. The van der Waals surface area contributed by atoms with Gasteiger partial charge >= 0.3 is 0 Å². The van der Waals surface area contributed by atoms with Crippen LogP contribution in [0.5, 0.6) is 0 Å². The third-order valence-electron chi connectivity index (χ3n) is 2.16. The molecule has 0 spiro atoms. The van der Waals surface area contributed by atoms with Crippen LogP contribution >= 0.6 is 27.7 Å². The summed E-state index contributed by atoms with van der Waals surface area (Å²) in [6.45, 7) is 2.00. The Kier molecular flexibility index (Phi) is 4.20. The van der Waals surface area contributed by atoms with Gasteiger partial charge < -0.3 is 5.73 Å². The molecule has 0 bridgehead atoms. The maximum Gasteiger partial charge on any atom is 0.188 e. The first-order chi connectivity index (χ1) is 8.15. The molecule has 0 saturated heterocycles. The van der Waals surface area contributed by atoms with Gasteiger partial charge in [0.05, 0.1) is 0 Å². The highest BCUT2D eigenvalue weighted by molar-refractivity contribution is 9.10. The lowest BCUT2D eigenvalue weighted by molar-refractivity contribution is 0.729. The molecule has 0 aliphatic rings. The molecule has 0 aliphatic heterocycles. The number of aromatic amines is 1. The quantitative estimate of drug-likeness (QED) is 0.910. The first-order valence-corrected chi connectivity index (χ1v) is 6.83. The Morgan fingerprint density at radius 1 is 1.53 bits per heavy atom. The van der Waals surface area contributed by atoms with Crippen molar-refractivity contribution in [2.24, 2.45) is 5.73 Å². The molecule has 1 unspecified atom stereocenters. The summed E-state index contributed by atoms with van der Waals surface area (Å²) in [4.78, 5) is 5.26. The maximum atomic E-state index is 5.86. The van der Waals surface area contributed by atoms with Crippen molar-refractivity contribution in [1.29, 1.82) is 0 Å². The minimum atomic E-state index is 0.137. The fraction of sp³-hybridized carbons (Fsp3) is 0.273. The molecule has 1 atom stereocenters. The summed E-state index contributed by atoms with van der Waals surface area (Å²) in [7, 11) is 0. The van der Waals surface area contributed by atoms with Gasteiger partial charge in [-0.05, 0) is 37.1 Å². The van der Waals surface area contributed by atoms with Crippen molar-refractivity contribution < 1.29 is 0 Å². The molecule has 1 heterocycles. The summed E-state index contributed by atoms with van der Waals surface area (Å²) in [5, 5.41) is 7.47. The van der Waals surface area contributed by atoms with E-state index in [1.54, 1.807) is 11.8 Å². The molecule has 3 N–H and O–H groups in total. The van der Waals surface area contributed by atoms with Gasteiger partial charge in [0.25, 0.3) is 0 Å². The van der Waals surface area contributed by atoms with E-state index in [2.05, 4.69) is 43.2 Å². The molecule has 90 valence electrons. The zero-order valence-corrected chi connectivity index (χ0v) is 11.8. The lowest BCUT2D eigenvalue weighted by Crippen LogP contribution is -2.18. The predicted octanol–water partition coefficient (Wildman–Crippen LogP) is 2.61. The van der Waals surface area contributed by atoms with Crippen LogP contribution in [0.2, 0.25) is 0 Å². The van der Waals surface area contributed by atoms with Crippen molar-refractivity contribution in [2.45, 2.75) is 29.4 Å². The second kappa shape index (κ2) is 5.66. The topological polar surface area (TPSA) is 67.6 Å².